The summed E-state index contributed by atoms with van der Waals surface area (Å²) in [6.07, 6.45) is 2.34. The molecule has 0 spiro atoms. The first-order valence-corrected chi connectivity index (χ1v) is 6.58. The summed E-state index contributed by atoms with van der Waals surface area (Å²) >= 11 is 0. The quantitative estimate of drug-likeness (QED) is 0.925. The minimum Gasteiger partial charge on any atom is -0.497 e. The SMILES string of the molecule is COc1ccc(OC)c(-c2nc(N)cc(C3CC3)n2)c1. The first-order chi connectivity index (χ1) is 9.71. The van der Waals surface area contributed by atoms with Gasteiger partial charge in [0.1, 0.15) is 17.3 Å². The molecule has 20 heavy (non-hydrogen) atoms. The van der Waals surface area contributed by atoms with Crippen molar-refractivity contribution in [2.24, 2.45) is 0 Å². The smallest absolute Gasteiger partial charge is 0.165 e. The predicted octanol–water partition coefficient (Wildman–Crippen LogP) is 2.62. The Bertz CT molecular complexity index is 639. The maximum absolute atomic E-state index is 5.90. The molecule has 1 fully saturated rings. The first-order valence-electron chi connectivity index (χ1n) is 6.58. The number of nitrogens with zero attached hydrogens (tertiary/aromatic N) is 2. The van der Waals surface area contributed by atoms with Gasteiger partial charge in [0.25, 0.3) is 0 Å². The fraction of sp³-hybridized carbons (Fsp3) is 0.333. The number of rotatable bonds is 4. The highest BCUT2D eigenvalue weighted by Crippen LogP contribution is 2.40. The second-order valence-electron chi connectivity index (χ2n) is 4.88. The molecule has 0 amide bonds. The molecule has 0 atom stereocenters. The third-order valence-electron chi connectivity index (χ3n) is 3.41. The van der Waals surface area contributed by atoms with Gasteiger partial charge < -0.3 is 15.2 Å². The van der Waals surface area contributed by atoms with Crippen molar-refractivity contribution < 1.29 is 9.47 Å². The molecule has 5 heteroatoms. The lowest BCUT2D eigenvalue weighted by Gasteiger charge is -2.11. The van der Waals surface area contributed by atoms with Gasteiger partial charge in [-0.1, -0.05) is 0 Å². The number of benzene rings is 1. The molecule has 0 bridgehead atoms. The van der Waals surface area contributed by atoms with Crippen LogP contribution in [0.4, 0.5) is 5.82 Å². The van der Waals surface area contributed by atoms with E-state index in [4.69, 9.17) is 15.2 Å². The van der Waals surface area contributed by atoms with Crippen molar-refractivity contribution in [3.63, 3.8) is 0 Å². The molecule has 0 radical (unpaired) electrons. The van der Waals surface area contributed by atoms with E-state index in [1.54, 1.807) is 14.2 Å². The number of hydrogen-bond donors (Lipinski definition) is 1. The maximum Gasteiger partial charge on any atom is 0.165 e. The zero-order valence-corrected chi connectivity index (χ0v) is 11.6. The molecule has 0 saturated heterocycles. The number of aromatic nitrogens is 2. The van der Waals surface area contributed by atoms with Crippen LogP contribution < -0.4 is 15.2 Å². The topological polar surface area (TPSA) is 70.3 Å². The van der Waals surface area contributed by atoms with Crippen LogP contribution in [0, 0.1) is 0 Å². The molecular weight excluding hydrogens is 254 g/mol. The molecule has 0 unspecified atom stereocenters. The Morgan fingerprint density at radius 1 is 1.10 bits per heavy atom. The lowest BCUT2D eigenvalue weighted by atomic mass is 10.1. The summed E-state index contributed by atoms with van der Waals surface area (Å²) < 4.78 is 10.6. The van der Waals surface area contributed by atoms with Gasteiger partial charge in [-0.05, 0) is 31.0 Å². The van der Waals surface area contributed by atoms with Crippen molar-refractivity contribution in [1.29, 1.82) is 0 Å². The minimum absolute atomic E-state index is 0.488. The van der Waals surface area contributed by atoms with E-state index < -0.39 is 0 Å². The summed E-state index contributed by atoms with van der Waals surface area (Å²) in [6.45, 7) is 0. The molecule has 3 rings (SSSR count). The molecule has 1 aromatic carbocycles. The number of nitrogen functional groups attached to an aromatic ring is 1. The summed E-state index contributed by atoms with van der Waals surface area (Å²) in [5.74, 6) is 3.04. The van der Waals surface area contributed by atoms with Crippen LogP contribution in [0.5, 0.6) is 11.5 Å². The van der Waals surface area contributed by atoms with E-state index in [1.165, 1.54) is 12.8 Å². The molecule has 1 heterocycles. The minimum atomic E-state index is 0.488. The van der Waals surface area contributed by atoms with Crippen molar-refractivity contribution in [2.75, 3.05) is 20.0 Å². The van der Waals surface area contributed by atoms with E-state index in [2.05, 4.69) is 9.97 Å². The second kappa shape index (κ2) is 5.00. The molecule has 104 valence electrons. The molecule has 2 aromatic rings. The van der Waals surface area contributed by atoms with Crippen molar-refractivity contribution in [2.45, 2.75) is 18.8 Å². The van der Waals surface area contributed by atoms with E-state index in [9.17, 15) is 0 Å². The van der Waals surface area contributed by atoms with Gasteiger partial charge in [-0.15, -0.1) is 0 Å². The summed E-state index contributed by atoms with van der Waals surface area (Å²) in [7, 11) is 3.25. The van der Waals surface area contributed by atoms with Gasteiger partial charge in [-0.25, -0.2) is 9.97 Å². The average molecular weight is 271 g/mol. The third-order valence-corrected chi connectivity index (χ3v) is 3.41. The highest BCUT2D eigenvalue weighted by atomic mass is 16.5. The lowest BCUT2D eigenvalue weighted by molar-refractivity contribution is 0.404. The monoisotopic (exact) mass is 271 g/mol. The summed E-state index contributed by atoms with van der Waals surface area (Å²) in [5, 5.41) is 0. The summed E-state index contributed by atoms with van der Waals surface area (Å²) in [4.78, 5) is 8.95. The zero-order valence-electron chi connectivity index (χ0n) is 11.6. The number of anilines is 1. The van der Waals surface area contributed by atoms with E-state index in [0.29, 0.717) is 23.3 Å². The van der Waals surface area contributed by atoms with Crippen LogP contribution >= 0.6 is 0 Å². The molecular formula is C15H17N3O2. The largest absolute Gasteiger partial charge is 0.497 e. The summed E-state index contributed by atoms with van der Waals surface area (Å²) in [5.41, 5.74) is 7.71. The Hall–Kier alpha value is -2.30. The van der Waals surface area contributed by atoms with Gasteiger partial charge in [-0.3, -0.25) is 0 Å². The van der Waals surface area contributed by atoms with Crippen LogP contribution in [0.2, 0.25) is 0 Å². The Labute approximate surface area is 117 Å². The first kappa shape index (κ1) is 12.7. The van der Waals surface area contributed by atoms with Crippen LogP contribution in [-0.4, -0.2) is 24.2 Å². The number of ether oxygens (including phenoxy) is 2. The summed E-state index contributed by atoms with van der Waals surface area (Å²) in [6, 6.07) is 7.41. The third kappa shape index (κ3) is 2.39. The van der Waals surface area contributed by atoms with E-state index in [0.717, 1.165) is 17.0 Å². The van der Waals surface area contributed by atoms with Gasteiger partial charge in [0.15, 0.2) is 5.82 Å². The van der Waals surface area contributed by atoms with Crippen LogP contribution in [0.3, 0.4) is 0 Å². The molecule has 5 nitrogen and oxygen atoms in total. The van der Waals surface area contributed by atoms with Crippen molar-refractivity contribution >= 4 is 5.82 Å². The molecule has 1 aliphatic rings. The number of hydrogen-bond acceptors (Lipinski definition) is 5. The Morgan fingerprint density at radius 3 is 2.55 bits per heavy atom. The Morgan fingerprint density at radius 2 is 1.90 bits per heavy atom. The molecule has 1 aliphatic carbocycles. The van der Waals surface area contributed by atoms with Crippen LogP contribution in [0.1, 0.15) is 24.5 Å². The van der Waals surface area contributed by atoms with Crippen LogP contribution in [0.15, 0.2) is 24.3 Å². The van der Waals surface area contributed by atoms with Gasteiger partial charge in [-0.2, -0.15) is 0 Å². The van der Waals surface area contributed by atoms with E-state index in [-0.39, 0.29) is 0 Å². The molecule has 0 aliphatic heterocycles. The predicted molar refractivity (Wildman–Crippen MR) is 77.0 cm³/mol. The van der Waals surface area contributed by atoms with Crippen molar-refractivity contribution in [3.05, 3.63) is 30.0 Å². The van der Waals surface area contributed by atoms with Crippen molar-refractivity contribution in [1.82, 2.24) is 9.97 Å². The molecule has 2 N–H and O–H groups in total. The van der Waals surface area contributed by atoms with Gasteiger partial charge in [0, 0.05) is 17.7 Å². The van der Waals surface area contributed by atoms with Gasteiger partial charge in [0.2, 0.25) is 0 Å². The fourth-order valence-corrected chi connectivity index (χ4v) is 2.18. The van der Waals surface area contributed by atoms with E-state index >= 15 is 0 Å². The molecule has 1 saturated carbocycles. The lowest BCUT2D eigenvalue weighted by Crippen LogP contribution is -2.01. The Kier molecular flexibility index (Phi) is 3.18. The van der Waals surface area contributed by atoms with Crippen LogP contribution in [0.25, 0.3) is 11.4 Å². The Balaban J connectivity index is 2.11. The van der Waals surface area contributed by atoms with Crippen molar-refractivity contribution in [3.8, 4) is 22.9 Å². The van der Waals surface area contributed by atoms with Crippen LogP contribution in [-0.2, 0) is 0 Å². The van der Waals surface area contributed by atoms with E-state index in [1.807, 2.05) is 24.3 Å². The second-order valence-corrected chi connectivity index (χ2v) is 4.88. The highest BCUT2D eigenvalue weighted by Gasteiger charge is 2.26. The number of nitrogens with two attached hydrogens (primary N) is 1. The standard InChI is InChI=1S/C15H17N3O2/c1-19-10-5-6-13(20-2)11(7-10)15-17-12(9-3-4-9)8-14(16)18-15/h5-9H,3-4H2,1-2H3,(H2,16,17,18). The normalized spacial score (nSPS) is 14.1. The maximum atomic E-state index is 5.90. The number of methoxy groups -OCH3 is 2. The molecule has 1 aromatic heterocycles. The average Bonchev–Trinajstić information content (AvgIpc) is 3.30. The fourth-order valence-electron chi connectivity index (χ4n) is 2.18. The van der Waals surface area contributed by atoms with Gasteiger partial charge in [0.05, 0.1) is 19.8 Å². The highest BCUT2D eigenvalue weighted by molar-refractivity contribution is 5.67. The van der Waals surface area contributed by atoms with Gasteiger partial charge >= 0.3 is 0 Å². The zero-order chi connectivity index (χ0) is 14.1.